The summed E-state index contributed by atoms with van der Waals surface area (Å²) in [4.78, 5) is 24.0. The Labute approximate surface area is 234 Å². The van der Waals surface area contributed by atoms with Gasteiger partial charge < -0.3 is 25.6 Å². The lowest BCUT2D eigenvalue weighted by molar-refractivity contribution is -0.115. The minimum atomic E-state index is -0.102. The molecule has 1 fully saturated rings. The number of carbonyl (C=O) groups is 1. The molecule has 39 heavy (non-hydrogen) atoms. The van der Waals surface area contributed by atoms with Crippen LogP contribution in [0.3, 0.4) is 0 Å². The molecule has 1 aromatic carbocycles. The smallest absolute Gasteiger partial charge is 0.239 e. The number of anilines is 1. The number of para-hydroxylation sites is 1. The fraction of sp³-hybridized carbons (Fsp3) is 0.433. The summed E-state index contributed by atoms with van der Waals surface area (Å²) < 4.78 is 5.99. The van der Waals surface area contributed by atoms with Crippen molar-refractivity contribution in [1.82, 2.24) is 25.5 Å². The quantitative estimate of drug-likeness (QED) is 0.299. The number of nitrogens with one attached hydrogen (secondary N) is 3. The molecule has 2 unspecified atom stereocenters. The van der Waals surface area contributed by atoms with Crippen molar-refractivity contribution in [1.29, 1.82) is 0 Å². The lowest BCUT2D eigenvalue weighted by atomic mass is 9.91. The molecular weight excluding hydrogens is 508 g/mol. The molecule has 9 heteroatoms. The summed E-state index contributed by atoms with van der Waals surface area (Å²) in [5.74, 6) is 2.10. The van der Waals surface area contributed by atoms with Crippen molar-refractivity contribution >= 4 is 34.4 Å². The Morgan fingerprint density at radius 3 is 2.95 bits per heavy atom. The fourth-order valence-corrected chi connectivity index (χ4v) is 6.31. The summed E-state index contributed by atoms with van der Waals surface area (Å²) in [6.45, 7) is 2.49. The van der Waals surface area contributed by atoms with Gasteiger partial charge >= 0.3 is 0 Å². The van der Waals surface area contributed by atoms with Gasteiger partial charge in [-0.25, -0.2) is 4.98 Å². The molecule has 2 aliphatic carbocycles. The molecule has 6 rings (SSSR count). The van der Waals surface area contributed by atoms with Gasteiger partial charge in [0.15, 0.2) is 5.88 Å². The molecule has 0 bridgehead atoms. The molecule has 3 N–H and O–H groups in total. The first kappa shape index (κ1) is 26.1. The van der Waals surface area contributed by atoms with Gasteiger partial charge in [0.25, 0.3) is 0 Å². The molecule has 2 atom stereocenters. The number of amides is 1. The maximum Gasteiger partial charge on any atom is 0.239 e. The van der Waals surface area contributed by atoms with Gasteiger partial charge in [0, 0.05) is 43.2 Å². The van der Waals surface area contributed by atoms with E-state index in [4.69, 9.17) is 9.72 Å². The number of thioether (sulfide) groups is 1. The number of benzene rings is 1. The third-order valence-electron chi connectivity index (χ3n) is 7.58. The van der Waals surface area contributed by atoms with E-state index in [9.17, 15) is 4.79 Å². The van der Waals surface area contributed by atoms with Crippen molar-refractivity contribution < 1.29 is 9.53 Å². The second-order valence-corrected chi connectivity index (χ2v) is 11.6. The number of nitrogens with zero attached hydrogens (tertiary/aromatic N) is 3. The van der Waals surface area contributed by atoms with Crippen molar-refractivity contribution in [2.45, 2.75) is 43.5 Å². The monoisotopic (exact) mass is 544 g/mol. The normalized spacial score (nSPS) is 20.5. The summed E-state index contributed by atoms with van der Waals surface area (Å²) >= 11 is 1.71. The molecule has 1 saturated carbocycles. The Balaban J connectivity index is 0.946. The molecule has 0 saturated heterocycles. The van der Waals surface area contributed by atoms with Gasteiger partial charge in [-0.3, -0.25) is 9.78 Å². The summed E-state index contributed by atoms with van der Waals surface area (Å²) in [5, 5.41) is 13.2. The second kappa shape index (κ2) is 11.9. The van der Waals surface area contributed by atoms with Crippen LogP contribution < -0.4 is 16.0 Å². The molecule has 0 radical (unpaired) electrons. The zero-order valence-electron chi connectivity index (χ0n) is 22.4. The van der Waals surface area contributed by atoms with E-state index in [-0.39, 0.29) is 23.9 Å². The first-order valence-electron chi connectivity index (χ1n) is 13.9. The molecule has 1 aliphatic heterocycles. The van der Waals surface area contributed by atoms with E-state index in [1.54, 1.807) is 18.0 Å². The maximum atomic E-state index is 12.6. The van der Waals surface area contributed by atoms with Crippen LogP contribution in [0.15, 0.2) is 60.0 Å². The van der Waals surface area contributed by atoms with Crippen LogP contribution in [0.5, 0.6) is 0 Å². The van der Waals surface area contributed by atoms with E-state index in [0.717, 1.165) is 55.3 Å². The van der Waals surface area contributed by atoms with Crippen molar-refractivity contribution in [2.24, 2.45) is 5.92 Å². The highest BCUT2D eigenvalue weighted by atomic mass is 32.2. The number of pyridine rings is 2. The average molecular weight is 545 g/mol. The summed E-state index contributed by atoms with van der Waals surface area (Å²) in [7, 11) is 2.05. The Morgan fingerprint density at radius 1 is 1.15 bits per heavy atom. The number of hydrogen-bond donors (Lipinski definition) is 3. The molecule has 3 aliphatic rings. The van der Waals surface area contributed by atoms with Gasteiger partial charge in [-0.2, -0.15) is 0 Å². The standard InChI is InChI=1S/C30H36N6O2S/c1-36-28(38-18-20-9-10-20)19-39-30(36)23-11-12-33-26(16-23)35-27(37)17-31-13-14-32-25-8-4-6-22-15-21-5-2-3-7-24(21)34-29(22)25/h2-3,5,7,11-12,15-16,19-20,25,30-32H,4,6,8-10,13-14,17-18H2,1H3,(H,33,35,37). The molecule has 0 spiro atoms. The highest BCUT2D eigenvalue weighted by Crippen LogP contribution is 2.42. The number of fused-ring (bicyclic) bond motifs is 2. The molecule has 3 aromatic rings. The van der Waals surface area contributed by atoms with Crippen LogP contribution in [0.1, 0.15) is 53.9 Å². The minimum absolute atomic E-state index is 0.102. The van der Waals surface area contributed by atoms with Crippen LogP contribution >= 0.6 is 11.8 Å². The van der Waals surface area contributed by atoms with Crippen LogP contribution in [0.2, 0.25) is 0 Å². The fourth-order valence-electron chi connectivity index (χ4n) is 5.24. The summed E-state index contributed by atoms with van der Waals surface area (Å²) in [5.41, 5.74) is 4.65. The van der Waals surface area contributed by atoms with Gasteiger partial charge in [-0.1, -0.05) is 30.0 Å². The van der Waals surface area contributed by atoms with E-state index in [1.165, 1.54) is 29.5 Å². The van der Waals surface area contributed by atoms with Crippen molar-refractivity contribution in [3.63, 3.8) is 0 Å². The van der Waals surface area contributed by atoms with E-state index in [1.807, 2.05) is 25.2 Å². The topological polar surface area (TPSA) is 91.4 Å². The highest BCUT2D eigenvalue weighted by Gasteiger charge is 2.29. The molecular formula is C30H36N6O2S. The number of ether oxygens (including phenoxy) is 1. The molecule has 3 heterocycles. The highest BCUT2D eigenvalue weighted by molar-refractivity contribution is 8.02. The maximum absolute atomic E-state index is 12.6. The Bertz CT molecular complexity index is 1360. The summed E-state index contributed by atoms with van der Waals surface area (Å²) in [6, 6.07) is 14.8. The summed E-state index contributed by atoms with van der Waals surface area (Å²) in [6.07, 6.45) is 7.62. The van der Waals surface area contributed by atoms with Crippen molar-refractivity contribution in [3.8, 4) is 0 Å². The Kier molecular flexibility index (Phi) is 7.99. The first-order chi connectivity index (χ1) is 19.1. The predicted molar refractivity (Wildman–Crippen MR) is 156 cm³/mol. The van der Waals surface area contributed by atoms with Crippen LogP contribution in [0.25, 0.3) is 10.9 Å². The first-order valence-corrected chi connectivity index (χ1v) is 14.9. The number of aryl methyl sites for hydroxylation is 1. The lowest BCUT2D eigenvalue weighted by Gasteiger charge is -2.26. The van der Waals surface area contributed by atoms with Crippen LogP contribution in [0, 0.1) is 5.92 Å². The average Bonchev–Trinajstić information content (AvgIpc) is 3.71. The SMILES string of the molecule is CN1C(OCC2CC2)=CSC1c1ccnc(NC(=O)CNCCNC2CCCc3cc4ccccc4nc32)c1. The van der Waals surface area contributed by atoms with E-state index >= 15 is 0 Å². The van der Waals surface area contributed by atoms with E-state index in [2.05, 4.69) is 55.5 Å². The predicted octanol–water partition coefficient (Wildman–Crippen LogP) is 4.73. The number of carbonyl (C=O) groups excluding carboxylic acids is 1. The minimum Gasteiger partial charge on any atom is -0.478 e. The van der Waals surface area contributed by atoms with Gasteiger partial charge in [0.05, 0.1) is 24.4 Å². The van der Waals surface area contributed by atoms with Gasteiger partial charge in [0.1, 0.15) is 11.2 Å². The third kappa shape index (κ3) is 6.37. The van der Waals surface area contributed by atoms with Crippen LogP contribution in [0.4, 0.5) is 5.82 Å². The molecule has 8 nitrogen and oxygen atoms in total. The van der Waals surface area contributed by atoms with Crippen molar-refractivity contribution in [3.05, 3.63) is 76.8 Å². The van der Waals surface area contributed by atoms with Gasteiger partial charge in [-0.05, 0) is 73.4 Å². The second-order valence-electron chi connectivity index (χ2n) is 10.6. The van der Waals surface area contributed by atoms with Crippen molar-refractivity contribution in [2.75, 3.05) is 38.6 Å². The lowest BCUT2D eigenvalue weighted by Crippen LogP contribution is -2.36. The molecule has 2 aromatic heterocycles. The van der Waals surface area contributed by atoms with E-state index in [0.29, 0.717) is 12.4 Å². The third-order valence-corrected chi connectivity index (χ3v) is 8.76. The zero-order valence-corrected chi connectivity index (χ0v) is 23.2. The van der Waals surface area contributed by atoms with Crippen LogP contribution in [-0.4, -0.2) is 54.1 Å². The Morgan fingerprint density at radius 2 is 2.05 bits per heavy atom. The zero-order chi connectivity index (χ0) is 26.6. The van der Waals surface area contributed by atoms with Gasteiger partial charge in [0.2, 0.25) is 5.91 Å². The van der Waals surface area contributed by atoms with E-state index < -0.39 is 0 Å². The largest absolute Gasteiger partial charge is 0.478 e. The number of rotatable bonds is 11. The Hall–Kier alpha value is -3.14. The number of aromatic nitrogens is 2. The number of hydrogen-bond acceptors (Lipinski definition) is 8. The van der Waals surface area contributed by atoms with Crippen LogP contribution in [-0.2, 0) is 16.0 Å². The van der Waals surface area contributed by atoms with Gasteiger partial charge in [-0.15, -0.1) is 0 Å². The molecule has 204 valence electrons. The molecule has 1 amide bonds.